The number of aromatic nitrogens is 5. The van der Waals surface area contributed by atoms with Gasteiger partial charge >= 0.3 is 0 Å². The van der Waals surface area contributed by atoms with Crippen molar-refractivity contribution in [3.63, 3.8) is 0 Å². The summed E-state index contributed by atoms with van der Waals surface area (Å²) in [5, 5.41) is 4.36. The first-order chi connectivity index (χ1) is 11.8. The minimum Gasteiger partial charge on any atom is -0.481 e. The Morgan fingerprint density at radius 1 is 1.00 bits per heavy atom. The summed E-state index contributed by atoms with van der Waals surface area (Å²) in [5.74, 6) is 0.958. The lowest BCUT2D eigenvalue weighted by atomic mass is 10.1. The molecular formula is C17H14N6O. The van der Waals surface area contributed by atoms with Crippen molar-refractivity contribution in [2.45, 2.75) is 0 Å². The standard InChI is InChI=1S/C17H14N6O/c1-24-14-6-5-11(8-20-14)12-9-21-17-15(13-4-2-3-7-19-13)16(18)22-23(17)10-12/h2-10H,1H3,(H2,18,22). The highest BCUT2D eigenvalue weighted by Gasteiger charge is 2.15. The van der Waals surface area contributed by atoms with Crippen molar-refractivity contribution < 1.29 is 4.74 Å². The summed E-state index contributed by atoms with van der Waals surface area (Å²) in [7, 11) is 1.58. The smallest absolute Gasteiger partial charge is 0.212 e. The zero-order valence-corrected chi connectivity index (χ0v) is 12.9. The zero-order chi connectivity index (χ0) is 16.5. The van der Waals surface area contributed by atoms with Crippen molar-refractivity contribution in [3.8, 4) is 28.3 Å². The van der Waals surface area contributed by atoms with Crippen LogP contribution >= 0.6 is 0 Å². The van der Waals surface area contributed by atoms with E-state index in [1.807, 2.05) is 30.5 Å². The van der Waals surface area contributed by atoms with Gasteiger partial charge in [0, 0.05) is 42.0 Å². The third-order valence-electron chi connectivity index (χ3n) is 3.70. The van der Waals surface area contributed by atoms with E-state index in [-0.39, 0.29) is 0 Å². The number of rotatable bonds is 3. The summed E-state index contributed by atoms with van der Waals surface area (Å²) in [5.41, 5.74) is 10.0. The van der Waals surface area contributed by atoms with Crippen LogP contribution < -0.4 is 10.5 Å². The number of anilines is 1. The topological polar surface area (TPSA) is 91.2 Å². The summed E-state index contributed by atoms with van der Waals surface area (Å²) in [6, 6.07) is 9.37. The van der Waals surface area contributed by atoms with Gasteiger partial charge in [0.05, 0.1) is 18.4 Å². The molecule has 0 aromatic carbocycles. The molecule has 0 fully saturated rings. The second-order valence-corrected chi connectivity index (χ2v) is 5.18. The lowest BCUT2D eigenvalue weighted by Gasteiger charge is -2.04. The van der Waals surface area contributed by atoms with Gasteiger partial charge in [0.2, 0.25) is 5.88 Å². The van der Waals surface area contributed by atoms with E-state index in [4.69, 9.17) is 10.5 Å². The lowest BCUT2D eigenvalue weighted by Crippen LogP contribution is -1.93. The molecule has 2 N–H and O–H groups in total. The second-order valence-electron chi connectivity index (χ2n) is 5.18. The highest BCUT2D eigenvalue weighted by Crippen LogP contribution is 2.28. The van der Waals surface area contributed by atoms with Crippen LogP contribution in [-0.2, 0) is 0 Å². The van der Waals surface area contributed by atoms with Crippen LogP contribution in [0.15, 0.2) is 55.1 Å². The van der Waals surface area contributed by atoms with Gasteiger partial charge in [-0.25, -0.2) is 14.5 Å². The van der Waals surface area contributed by atoms with E-state index in [2.05, 4.69) is 20.1 Å². The van der Waals surface area contributed by atoms with E-state index in [1.165, 1.54) is 0 Å². The Labute approximate surface area is 137 Å². The van der Waals surface area contributed by atoms with Gasteiger partial charge < -0.3 is 10.5 Å². The fourth-order valence-corrected chi connectivity index (χ4v) is 2.53. The maximum absolute atomic E-state index is 6.07. The maximum atomic E-state index is 6.07. The van der Waals surface area contributed by atoms with E-state index >= 15 is 0 Å². The monoisotopic (exact) mass is 318 g/mol. The van der Waals surface area contributed by atoms with Gasteiger partial charge in [-0.2, -0.15) is 0 Å². The zero-order valence-electron chi connectivity index (χ0n) is 12.9. The third-order valence-corrected chi connectivity index (χ3v) is 3.70. The molecule has 0 bridgehead atoms. The predicted molar refractivity (Wildman–Crippen MR) is 90.4 cm³/mol. The maximum Gasteiger partial charge on any atom is 0.212 e. The average Bonchev–Trinajstić information content (AvgIpc) is 2.97. The van der Waals surface area contributed by atoms with Gasteiger partial charge in [-0.1, -0.05) is 6.07 Å². The van der Waals surface area contributed by atoms with Gasteiger partial charge in [-0.3, -0.25) is 4.98 Å². The molecule has 0 amide bonds. The number of hydrogen-bond donors (Lipinski definition) is 1. The minimum absolute atomic E-state index is 0.395. The molecule has 0 saturated carbocycles. The predicted octanol–water partition coefficient (Wildman–Crippen LogP) is 2.44. The first-order valence-electron chi connectivity index (χ1n) is 7.32. The Kier molecular flexibility index (Phi) is 3.31. The SMILES string of the molecule is COc1ccc(-c2cnc3c(-c4ccccn4)c(N)nn3c2)cn1. The first kappa shape index (κ1) is 14.1. The molecule has 0 aliphatic heterocycles. The van der Waals surface area contributed by atoms with Gasteiger partial charge in [0.1, 0.15) is 0 Å². The molecule has 4 aromatic heterocycles. The van der Waals surface area contributed by atoms with Crippen molar-refractivity contribution in [1.29, 1.82) is 0 Å². The lowest BCUT2D eigenvalue weighted by molar-refractivity contribution is 0.398. The number of ether oxygens (including phenoxy) is 1. The van der Waals surface area contributed by atoms with Gasteiger partial charge in [-0.15, -0.1) is 5.10 Å². The number of fused-ring (bicyclic) bond motifs is 1. The van der Waals surface area contributed by atoms with Crippen LogP contribution in [0, 0.1) is 0 Å². The summed E-state index contributed by atoms with van der Waals surface area (Å²) in [6.45, 7) is 0. The quantitative estimate of drug-likeness (QED) is 0.624. The van der Waals surface area contributed by atoms with E-state index in [9.17, 15) is 0 Å². The van der Waals surface area contributed by atoms with E-state index in [0.717, 1.165) is 22.4 Å². The van der Waals surface area contributed by atoms with Crippen LogP contribution in [-0.4, -0.2) is 31.7 Å². The number of pyridine rings is 2. The van der Waals surface area contributed by atoms with Crippen LogP contribution in [0.4, 0.5) is 5.82 Å². The molecule has 0 unspecified atom stereocenters. The summed E-state index contributed by atoms with van der Waals surface area (Å²) in [6.07, 6.45) is 7.09. The average molecular weight is 318 g/mol. The molecule has 7 heteroatoms. The van der Waals surface area contributed by atoms with Crippen molar-refractivity contribution in [3.05, 3.63) is 55.1 Å². The fraction of sp³-hybridized carbons (Fsp3) is 0.0588. The van der Waals surface area contributed by atoms with E-state index < -0.39 is 0 Å². The van der Waals surface area contributed by atoms with E-state index in [0.29, 0.717) is 17.3 Å². The Bertz CT molecular complexity index is 995. The Morgan fingerprint density at radius 3 is 2.58 bits per heavy atom. The second kappa shape index (κ2) is 5.62. The molecule has 118 valence electrons. The molecule has 7 nitrogen and oxygen atoms in total. The normalized spacial score (nSPS) is 10.9. The first-order valence-corrected chi connectivity index (χ1v) is 7.32. The largest absolute Gasteiger partial charge is 0.481 e. The van der Waals surface area contributed by atoms with Crippen molar-refractivity contribution in [2.75, 3.05) is 12.8 Å². The van der Waals surface area contributed by atoms with Gasteiger partial charge in [-0.05, 0) is 18.2 Å². The molecule has 0 radical (unpaired) electrons. The van der Waals surface area contributed by atoms with Crippen molar-refractivity contribution in [1.82, 2.24) is 24.6 Å². The number of methoxy groups -OCH3 is 1. The van der Waals surface area contributed by atoms with Gasteiger partial charge in [0.15, 0.2) is 11.5 Å². The number of nitrogens with two attached hydrogens (primary N) is 1. The molecule has 4 rings (SSSR count). The molecule has 0 aliphatic carbocycles. The highest BCUT2D eigenvalue weighted by molar-refractivity contribution is 5.84. The summed E-state index contributed by atoms with van der Waals surface area (Å²) < 4.78 is 6.74. The van der Waals surface area contributed by atoms with Crippen LogP contribution in [0.1, 0.15) is 0 Å². The van der Waals surface area contributed by atoms with Crippen molar-refractivity contribution >= 4 is 11.5 Å². The Morgan fingerprint density at radius 2 is 1.88 bits per heavy atom. The fourth-order valence-electron chi connectivity index (χ4n) is 2.53. The minimum atomic E-state index is 0.395. The third kappa shape index (κ3) is 2.32. The highest BCUT2D eigenvalue weighted by atomic mass is 16.5. The van der Waals surface area contributed by atoms with Crippen LogP contribution in [0.2, 0.25) is 0 Å². The number of nitrogens with zero attached hydrogens (tertiary/aromatic N) is 5. The van der Waals surface area contributed by atoms with E-state index in [1.54, 1.807) is 36.3 Å². The Balaban J connectivity index is 1.82. The number of hydrogen-bond acceptors (Lipinski definition) is 6. The Hall–Kier alpha value is -3.48. The molecule has 0 spiro atoms. The molecule has 0 atom stereocenters. The molecule has 0 saturated heterocycles. The summed E-state index contributed by atoms with van der Waals surface area (Å²) in [4.78, 5) is 13.1. The molecule has 4 aromatic rings. The molecule has 0 aliphatic rings. The van der Waals surface area contributed by atoms with Crippen LogP contribution in [0.5, 0.6) is 5.88 Å². The molecule has 4 heterocycles. The van der Waals surface area contributed by atoms with Crippen LogP contribution in [0.3, 0.4) is 0 Å². The van der Waals surface area contributed by atoms with Crippen LogP contribution in [0.25, 0.3) is 28.0 Å². The molecular weight excluding hydrogens is 304 g/mol. The van der Waals surface area contributed by atoms with Gasteiger partial charge in [0.25, 0.3) is 0 Å². The summed E-state index contributed by atoms with van der Waals surface area (Å²) >= 11 is 0. The number of nitrogen functional groups attached to an aromatic ring is 1. The van der Waals surface area contributed by atoms with Crippen molar-refractivity contribution in [2.24, 2.45) is 0 Å². The molecule has 24 heavy (non-hydrogen) atoms.